The zero-order valence-corrected chi connectivity index (χ0v) is 12.7. The van der Waals surface area contributed by atoms with Crippen molar-refractivity contribution in [2.24, 2.45) is 0 Å². The Morgan fingerprint density at radius 1 is 1.00 bits per heavy atom. The lowest BCUT2D eigenvalue weighted by Gasteiger charge is -2.18. The van der Waals surface area contributed by atoms with Crippen LogP contribution in [0, 0.1) is 0 Å². The third kappa shape index (κ3) is 2.57. The topological polar surface area (TPSA) is 70.8 Å². The van der Waals surface area contributed by atoms with E-state index in [0.717, 1.165) is 5.69 Å². The third-order valence-electron chi connectivity index (χ3n) is 3.58. The molecule has 5 heteroatoms. The molecule has 0 amide bonds. The van der Waals surface area contributed by atoms with E-state index in [0.29, 0.717) is 11.0 Å². The second kappa shape index (κ2) is 4.94. The highest BCUT2D eigenvalue weighted by Crippen LogP contribution is 2.23. The van der Waals surface area contributed by atoms with Gasteiger partial charge >= 0.3 is 0 Å². The Hall–Kier alpha value is -2.69. The van der Waals surface area contributed by atoms with Gasteiger partial charge in [-0.3, -0.25) is 0 Å². The molecule has 1 heterocycles. The highest BCUT2D eigenvalue weighted by atomic mass is 16.4. The maximum Gasteiger partial charge on any atom is 0.114 e. The maximum absolute atomic E-state index is 10.9. The molecule has 0 aliphatic carbocycles. The third-order valence-corrected chi connectivity index (χ3v) is 3.58. The van der Waals surface area contributed by atoms with Crippen molar-refractivity contribution in [2.45, 2.75) is 26.2 Å². The van der Waals surface area contributed by atoms with Crippen LogP contribution in [0.2, 0.25) is 0 Å². The van der Waals surface area contributed by atoms with E-state index in [1.165, 1.54) is 22.5 Å². The Bertz CT molecular complexity index is 842. The molecule has 0 N–H and O–H groups in total. The molecule has 3 aromatic rings. The van der Waals surface area contributed by atoms with Crippen LogP contribution in [0.1, 0.15) is 36.7 Å². The monoisotopic (exact) mass is 294 g/mol. The van der Waals surface area contributed by atoms with Crippen molar-refractivity contribution in [3.05, 3.63) is 53.6 Å². The molecule has 0 saturated carbocycles. The van der Waals surface area contributed by atoms with E-state index in [4.69, 9.17) is 0 Å². The van der Waals surface area contributed by atoms with Gasteiger partial charge in [0.25, 0.3) is 0 Å². The van der Waals surface area contributed by atoms with E-state index in [-0.39, 0.29) is 11.0 Å². The van der Waals surface area contributed by atoms with E-state index >= 15 is 0 Å². The number of rotatable bonds is 2. The summed E-state index contributed by atoms with van der Waals surface area (Å²) in [5.41, 5.74) is 3.42. The van der Waals surface area contributed by atoms with Crippen LogP contribution >= 0.6 is 0 Å². The predicted molar refractivity (Wildman–Crippen MR) is 81.9 cm³/mol. The lowest BCUT2D eigenvalue weighted by molar-refractivity contribution is -0.255. The van der Waals surface area contributed by atoms with Crippen molar-refractivity contribution in [1.82, 2.24) is 15.0 Å². The van der Waals surface area contributed by atoms with E-state index in [9.17, 15) is 9.90 Å². The molecule has 0 aliphatic rings. The van der Waals surface area contributed by atoms with Gasteiger partial charge in [-0.25, -0.2) is 0 Å². The Morgan fingerprint density at radius 2 is 1.64 bits per heavy atom. The van der Waals surface area contributed by atoms with Gasteiger partial charge in [-0.15, -0.1) is 10.2 Å². The summed E-state index contributed by atoms with van der Waals surface area (Å²) >= 11 is 0. The van der Waals surface area contributed by atoms with E-state index in [1.54, 1.807) is 6.07 Å². The summed E-state index contributed by atoms with van der Waals surface area (Å²) in [5.74, 6) is -1.22. The molecule has 0 fully saturated rings. The van der Waals surface area contributed by atoms with Crippen LogP contribution in [-0.4, -0.2) is 21.0 Å². The number of hydrogen-bond acceptors (Lipinski definition) is 4. The van der Waals surface area contributed by atoms with Gasteiger partial charge in [-0.1, -0.05) is 39.0 Å². The first kappa shape index (κ1) is 14.3. The van der Waals surface area contributed by atoms with Crippen molar-refractivity contribution >= 4 is 17.0 Å². The second-order valence-electron chi connectivity index (χ2n) is 6.28. The minimum absolute atomic E-state index is 0.0875. The Morgan fingerprint density at radius 3 is 2.23 bits per heavy atom. The number of carboxylic acid groups (broad SMARTS) is 1. The molecular weight excluding hydrogens is 278 g/mol. The maximum atomic E-state index is 10.9. The van der Waals surface area contributed by atoms with Gasteiger partial charge in [0.15, 0.2) is 0 Å². The molecule has 112 valence electrons. The number of aromatic carboxylic acids is 1. The first-order chi connectivity index (χ1) is 10.3. The summed E-state index contributed by atoms with van der Waals surface area (Å²) in [6, 6.07) is 12.6. The van der Waals surface area contributed by atoms with E-state index < -0.39 is 5.97 Å². The number of fused-ring (bicyclic) bond motifs is 1. The summed E-state index contributed by atoms with van der Waals surface area (Å²) in [5, 5.41) is 19.6. The summed E-state index contributed by atoms with van der Waals surface area (Å²) in [6.45, 7) is 6.47. The number of carbonyl (C=O) groups is 1. The van der Waals surface area contributed by atoms with Crippen molar-refractivity contribution in [3.63, 3.8) is 0 Å². The first-order valence-corrected chi connectivity index (χ1v) is 7.04. The average molecular weight is 294 g/mol. The van der Waals surface area contributed by atoms with Crippen molar-refractivity contribution < 1.29 is 9.90 Å². The van der Waals surface area contributed by atoms with Crippen LogP contribution in [0.25, 0.3) is 16.7 Å². The molecule has 0 radical (unpaired) electrons. The molecule has 1 aromatic heterocycles. The van der Waals surface area contributed by atoms with Crippen LogP contribution in [0.4, 0.5) is 0 Å². The van der Waals surface area contributed by atoms with E-state index in [1.807, 2.05) is 12.1 Å². The number of carboxylic acids is 1. The molecule has 0 aliphatic heterocycles. The molecule has 22 heavy (non-hydrogen) atoms. The van der Waals surface area contributed by atoms with Crippen molar-refractivity contribution in [3.8, 4) is 5.69 Å². The van der Waals surface area contributed by atoms with Gasteiger partial charge in [-0.05, 0) is 40.8 Å². The van der Waals surface area contributed by atoms with E-state index in [2.05, 4.69) is 43.1 Å². The quantitative estimate of drug-likeness (QED) is 0.725. The summed E-state index contributed by atoms with van der Waals surface area (Å²) < 4.78 is 0. The predicted octanol–water partition coefficient (Wildman–Crippen LogP) is 2.08. The molecule has 0 saturated heterocycles. The van der Waals surface area contributed by atoms with Gasteiger partial charge < -0.3 is 9.90 Å². The fourth-order valence-corrected chi connectivity index (χ4v) is 2.25. The van der Waals surface area contributed by atoms with Crippen LogP contribution < -0.4 is 5.11 Å². The van der Waals surface area contributed by atoms with Gasteiger partial charge in [0.1, 0.15) is 11.0 Å². The van der Waals surface area contributed by atoms with Gasteiger partial charge in [0, 0.05) is 0 Å². The molecule has 3 rings (SSSR count). The molecule has 2 aromatic carbocycles. The molecule has 0 bridgehead atoms. The fourth-order valence-electron chi connectivity index (χ4n) is 2.25. The molecule has 0 atom stereocenters. The number of carbonyl (C=O) groups excluding carboxylic acids is 1. The van der Waals surface area contributed by atoms with Gasteiger partial charge in [0.2, 0.25) is 0 Å². The minimum atomic E-state index is -1.22. The minimum Gasteiger partial charge on any atom is -0.545 e. The van der Waals surface area contributed by atoms with Crippen LogP contribution in [0.5, 0.6) is 0 Å². The standard InChI is InChI=1S/C17H17N3O2/c1-17(2,3)12-5-7-13(8-6-12)20-18-14-9-4-11(16(21)22)10-15(14)19-20/h4-10H,1-3H3,(H,21,22)/p-1. The Labute approximate surface area is 128 Å². The second-order valence-corrected chi connectivity index (χ2v) is 6.28. The highest BCUT2D eigenvalue weighted by Gasteiger charge is 2.13. The molecule has 5 nitrogen and oxygen atoms in total. The van der Waals surface area contributed by atoms with Crippen LogP contribution in [0.3, 0.4) is 0 Å². The smallest absolute Gasteiger partial charge is 0.114 e. The van der Waals surface area contributed by atoms with Crippen molar-refractivity contribution in [2.75, 3.05) is 0 Å². The number of hydrogen-bond donors (Lipinski definition) is 0. The van der Waals surface area contributed by atoms with Crippen LogP contribution in [-0.2, 0) is 5.41 Å². The largest absolute Gasteiger partial charge is 0.545 e. The molecule has 0 spiro atoms. The summed E-state index contributed by atoms with van der Waals surface area (Å²) in [6.07, 6.45) is 0. The summed E-state index contributed by atoms with van der Waals surface area (Å²) in [7, 11) is 0. The Balaban J connectivity index is 2.01. The van der Waals surface area contributed by atoms with Gasteiger partial charge in [0.05, 0.1) is 11.7 Å². The SMILES string of the molecule is CC(C)(C)c1ccc(-n2nc3ccc(C(=O)[O-])cc3n2)cc1. The fraction of sp³-hybridized carbons (Fsp3) is 0.235. The first-order valence-electron chi connectivity index (χ1n) is 7.04. The van der Waals surface area contributed by atoms with Crippen molar-refractivity contribution in [1.29, 1.82) is 0 Å². The highest BCUT2D eigenvalue weighted by molar-refractivity contribution is 5.90. The van der Waals surface area contributed by atoms with Crippen LogP contribution in [0.15, 0.2) is 42.5 Å². The number of nitrogens with zero attached hydrogens (tertiary/aromatic N) is 3. The average Bonchev–Trinajstić information content (AvgIpc) is 2.89. The summed E-state index contributed by atoms with van der Waals surface area (Å²) in [4.78, 5) is 12.4. The number of aromatic nitrogens is 3. The Kier molecular flexibility index (Phi) is 3.20. The zero-order valence-electron chi connectivity index (χ0n) is 12.7. The lowest BCUT2D eigenvalue weighted by atomic mass is 9.87. The molecule has 0 unspecified atom stereocenters. The number of benzene rings is 2. The normalized spacial score (nSPS) is 11.8. The lowest BCUT2D eigenvalue weighted by Crippen LogP contribution is -2.21. The molecular formula is C17H16N3O2-. The van der Waals surface area contributed by atoms with Gasteiger partial charge in [-0.2, -0.15) is 4.80 Å². The zero-order chi connectivity index (χ0) is 15.9.